The van der Waals surface area contributed by atoms with Crippen molar-refractivity contribution < 1.29 is 17.8 Å². The van der Waals surface area contributed by atoms with Gasteiger partial charge in [0.15, 0.2) is 0 Å². The molecule has 0 aliphatic heterocycles. The second-order valence-electron chi connectivity index (χ2n) is 3.76. The van der Waals surface area contributed by atoms with Crippen LogP contribution in [0.2, 0.25) is 0 Å². The van der Waals surface area contributed by atoms with Crippen LogP contribution in [0.25, 0.3) is 0 Å². The Labute approximate surface area is 84.4 Å². The van der Waals surface area contributed by atoms with E-state index in [-0.39, 0.29) is 0 Å². The van der Waals surface area contributed by atoms with E-state index in [0.29, 0.717) is 12.8 Å². The third-order valence-electron chi connectivity index (χ3n) is 2.53. The number of hydrogen-bond acceptors (Lipinski definition) is 4. The Morgan fingerprint density at radius 1 is 1.43 bits per heavy atom. The van der Waals surface area contributed by atoms with Gasteiger partial charge in [-0.3, -0.25) is 4.55 Å². The van der Waals surface area contributed by atoms with E-state index in [1.54, 1.807) is 6.92 Å². The molecule has 0 amide bonds. The lowest BCUT2D eigenvalue weighted by Gasteiger charge is -2.35. The van der Waals surface area contributed by atoms with E-state index in [9.17, 15) is 8.42 Å². The van der Waals surface area contributed by atoms with Gasteiger partial charge in [0.1, 0.15) is 12.0 Å². The largest absolute Gasteiger partial charge is 0.324 e. The van der Waals surface area contributed by atoms with E-state index in [1.165, 1.54) is 0 Å². The molecule has 0 heterocycles. The molecule has 1 aliphatic carbocycles. The minimum absolute atomic E-state index is 0.478. The summed E-state index contributed by atoms with van der Waals surface area (Å²) >= 11 is 0. The summed E-state index contributed by atoms with van der Waals surface area (Å²) in [6, 6.07) is 0. The van der Waals surface area contributed by atoms with Crippen LogP contribution < -0.4 is 5.73 Å². The lowest BCUT2D eigenvalue weighted by molar-refractivity contribution is -0.0979. The van der Waals surface area contributed by atoms with Crippen molar-refractivity contribution in [2.45, 2.75) is 43.4 Å². The van der Waals surface area contributed by atoms with Crippen LogP contribution in [-0.2, 0) is 14.9 Å². The first-order valence-electron chi connectivity index (χ1n) is 4.38. The molecule has 0 aromatic heterocycles. The minimum Gasteiger partial charge on any atom is -0.324 e. The molecule has 1 aliphatic rings. The van der Waals surface area contributed by atoms with E-state index in [4.69, 9.17) is 15.1 Å². The van der Waals surface area contributed by atoms with E-state index in [1.807, 2.05) is 6.79 Å². The second kappa shape index (κ2) is 4.86. The van der Waals surface area contributed by atoms with Crippen LogP contribution in [-0.4, -0.2) is 30.5 Å². The summed E-state index contributed by atoms with van der Waals surface area (Å²) in [7, 11) is -3.96. The first kappa shape index (κ1) is 13.5. The van der Waals surface area contributed by atoms with Crippen molar-refractivity contribution >= 4 is 16.9 Å². The van der Waals surface area contributed by atoms with Crippen molar-refractivity contribution in [1.29, 1.82) is 0 Å². The van der Waals surface area contributed by atoms with Crippen molar-refractivity contribution in [2.75, 3.05) is 0 Å². The van der Waals surface area contributed by atoms with Crippen molar-refractivity contribution in [3.05, 3.63) is 0 Å². The molecule has 1 fully saturated rings. The molecule has 2 unspecified atom stereocenters. The van der Waals surface area contributed by atoms with Crippen LogP contribution in [0.4, 0.5) is 0 Å². The Kier molecular flexibility index (Phi) is 4.70. The van der Waals surface area contributed by atoms with Crippen molar-refractivity contribution in [1.82, 2.24) is 0 Å². The topological polar surface area (TPSA) is 97.5 Å². The smallest absolute Gasteiger partial charge is 0.269 e. The summed E-state index contributed by atoms with van der Waals surface area (Å²) in [4.78, 5) is 8.00. The molecule has 1 saturated carbocycles. The summed E-state index contributed by atoms with van der Waals surface area (Å²) in [5.74, 6) is 0. The number of hydrogen-bond donors (Lipinski definition) is 2. The van der Waals surface area contributed by atoms with Gasteiger partial charge >= 0.3 is 0 Å². The molecule has 6 heteroatoms. The van der Waals surface area contributed by atoms with Crippen LogP contribution >= 0.6 is 0 Å². The highest BCUT2D eigenvalue weighted by molar-refractivity contribution is 7.86. The number of carbonyl (C=O) groups is 1. The van der Waals surface area contributed by atoms with Crippen LogP contribution in [0.1, 0.15) is 32.6 Å². The van der Waals surface area contributed by atoms with Gasteiger partial charge in [0.25, 0.3) is 10.1 Å². The van der Waals surface area contributed by atoms with Gasteiger partial charge in [0.05, 0.1) is 0 Å². The van der Waals surface area contributed by atoms with Crippen molar-refractivity contribution in [3.8, 4) is 0 Å². The molecule has 0 spiro atoms. The second-order valence-corrected chi connectivity index (χ2v) is 5.35. The normalized spacial score (nSPS) is 32.9. The average molecular weight is 223 g/mol. The lowest BCUT2D eigenvalue weighted by atomic mass is 9.84. The molecule has 1 rings (SSSR count). The third-order valence-corrected chi connectivity index (χ3v) is 4.02. The number of nitrogens with two attached hydrogens (primary N) is 1. The Balaban J connectivity index is 0.000000791. The van der Waals surface area contributed by atoms with Crippen molar-refractivity contribution in [3.63, 3.8) is 0 Å². The summed E-state index contributed by atoms with van der Waals surface area (Å²) in [6.45, 7) is 3.69. The van der Waals surface area contributed by atoms with E-state index in [2.05, 4.69) is 0 Å². The summed E-state index contributed by atoms with van der Waals surface area (Å²) < 4.78 is 30.6. The van der Waals surface area contributed by atoms with Crippen LogP contribution in [0.15, 0.2) is 0 Å². The van der Waals surface area contributed by atoms with Gasteiger partial charge in [-0.15, -0.1) is 0 Å². The third kappa shape index (κ3) is 3.36. The molecule has 0 aromatic rings. The molecule has 3 N–H and O–H groups in total. The quantitative estimate of drug-likeness (QED) is 0.625. The fraction of sp³-hybridized carbons (Fsp3) is 0.875. The Morgan fingerprint density at radius 2 is 1.93 bits per heavy atom. The lowest BCUT2D eigenvalue weighted by Crippen LogP contribution is -2.53. The molecule has 0 saturated heterocycles. The highest BCUT2D eigenvalue weighted by Gasteiger charge is 2.40. The van der Waals surface area contributed by atoms with Gasteiger partial charge in [-0.2, -0.15) is 8.42 Å². The molecular weight excluding hydrogens is 206 g/mol. The predicted molar refractivity (Wildman–Crippen MR) is 53.5 cm³/mol. The molecule has 0 aromatic carbocycles. The van der Waals surface area contributed by atoms with E-state index < -0.39 is 20.9 Å². The first-order valence-corrected chi connectivity index (χ1v) is 5.88. The fourth-order valence-corrected chi connectivity index (χ4v) is 3.08. The van der Waals surface area contributed by atoms with Gasteiger partial charge in [-0.1, -0.05) is 12.8 Å². The summed E-state index contributed by atoms with van der Waals surface area (Å²) in [6.07, 6.45) is 2.92. The number of carbonyl (C=O) groups excluding carboxylic acids is 1. The number of rotatable bonds is 1. The van der Waals surface area contributed by atoms with Gasteiger partial charge in [-0.05, 0) is 19.8 Å². The van der Waals surface area contributed by atoms with E-state index >= 15 is 0 Å². The molecule has 14 heavy (non-hydrogen) atoms. The molecular formula is C8H17NO4S. The molecule has 84 valence electrons. The monoisotopic (exact) mass is 223 g/mol. The van der Waals surface area contributed by atoms with Gasteiger partial charge in [0, 0.05) is 5.54 Å². The van der Waals surface area contributed by atoms with Crippen LogP contribution in [0.5, 0.6) is 0 Å². The zero-order valence-corrected chi connectivity index (χ0v) is 9.09. The Bertz CT molecular complexity index is 273. The zero-order chi connectivity index (χ0) is 11.4. The maximum absolute atomic E-state index is 10.9. The van der Waals surface area contributed by atoms with Gasteiger partial charge in [0.2, 0.25) is 0 Å². The van der Waals surface area contributed by atoms with Crippen LogP contribution in [0.3, 0.4) is 0 Å². The van der Waals surface area contributed by atoms with Gasteiger partial charge in [-0.25, -0.2) is 0 Å². The Morgan fingerprint density at radius 3 is 2.21 bits per heavy atom. The van der Waals surface area contributed by atoms with Crippen LogP contribution in [0, 0.1) is 0 Å². The maximum Gasteiger partial charge on any atom is 0.269 e. The summed E-state index contributed by atoms with van der Waals surface area (Å²) in [5.41, 5.74) is 5.01. The predicted octanol–water partition coefficient (Wildman–Crippen LogP) is 0.349. The first-order chi connectivity index (χ1) is 6.34. The highest BCUT2D eigenvalue weighted by Crippen LogP contribution is 2.30. The minimum atomic E-state index is -3.96. The molecule has 5 nitrogen and oxygen atoms in total. The molecule has 2 atom stereocenters. The van der Waals surface area contributed by atoms with Gasteiger partial charge < -0.3 is 10.5 Å². The zero-order valence-electron chi connectivity index (χ0n) is 8.27. The average Bonchev–Trinajstić information content (AvgIpc) is 2.04. The molecule has 0 radical (unpaired) electrons. The Hall–Kier alpha value is -0.460. The SMILES string of the molecule is C=O.CC1(N)CCCCC1S(=O)(=O)O. The van der Waals surface area contributed by atoms with E-state index in [0.717, 1.165) is 12.8 Å². The van der Waals surface area contributed by atoms with Crippen molar-refractivity contribution in [2.24, 2.45) is 5.73 Å². The maximum atomic E-state index is 10.9. The standard InChI is InChI=1S/C7H15NO3S.CH2O/c1-7(8)5-3-2-4-6(7)12(9,10)11;1-2/h6H,2-5,8H2,1H3,(H,9,10,11);1H2. The summed E-state index contributed by atoms with van der Waals surface area (Å²) in [5, 5.41) is -0.779. The fourth-order valence-electron chi connectivity index (χ4n) is 1.82. The highest BCUT2D eigenvalue weighted by atomic mass is 32.2. The molecule has 0 bridgehead atoms.